The van der Waals surface area contributed by atoms with Gasteiger partial charge in [-0.05, 0) is 73.6 Å². The van der Waals surface area contributed by atoms with Crippen molar-refractivity contribution in [3.05, 3.63) is 93.4 Å². The van der Waals surface area contributed by atoms with Crippen molar-refractivity contribution in [2.24, 2.45) is 10.5 Å². The Morgan fingerprint density at radius 2 is 1.68 bits per heavy atom. The molecule has 0 amide bonds. The molecule has 5 rings (SSSR count). The van der Waals surface area contributed by atoms with Crippen LogP contribution in [-0.2, 0) is 6.54 Å². The van der Waals surface area contributed by atoms with Crippen molar-refractivity contribution in [3.63, 3.8) is 0 Å². The van der Waals surface area contributed by atoms with Crippen molar-refractivity contribution in [1.29, 1.82) is 0 Å². The van der Waals surface area contributed by atoms with E-state index in [1.807, 2.05) is 56.5 Å². The summed E-state index contributed by atoms with van der Waals surface area (Å²) >= 11 is 0. The van der Waals surface area contributed by atoms with Gasteiger partial charge in [0, 0.05) is 34.3 Å². The van der Waals surface area contributed by atoms with Crippen LogP contribution < -0.4 is 10.3 Å². The quantitative estimate of drug-likeness (QED) is 0.193. The molecule has 0 unspecified atom stereocenters. The van der Waals surface area contributed by atoms with Crippen LogP contribution in [0.5, 0.6) is 5.75 Å². The summed E-state index contributed by atoms with van der Waals surface area (Å²) < 4.78 is 9.78. The van der Waals surface area contributed by atoms with Gasteiger partial charge in [0.15, 0.2) is 5.82 Å². The highest BCUT2D eigenvalue weighted by atomic mass is 16.5. The zero-order chi connectivity index (χ0) is 29.5. The molecule has 41 heavy (non-hydrogen) atoms. The van der Waals surface area contributed by atoms with Gasteiger partial charge in [-0.25, -0.2) is 4.98 Å². The SMILES string of the molecule is CCOc1cc(C)c(-c2nc3ccccc3c(=O)n2N=Cc2c(C)n(CC(C)(C)C)c3ccccc23)cc1C(C)C. The first kappa shape index (κ1) is 28.3. The standard InChI is InChI=1S/C35H40N4O2/c1-9-41-32-18-23(4)28(19-27(32)22(2)3)33-37-30-16-12-10-15-26(30)34(40)39(33)36-20-29-24(5)38(21-35(6,7)8)31-17-13-11-14-25(29)31/h10-20,22H,9,21H2,1-8H3. The number of aromatic nitrogens is 3. The van der Waals surface area contributed by atoms with E-state index in [0.717, 1.165) is 51.1 Å². The first-order valence-corrected chi connectivity index (χ1v) is 14.4. The van der Waals surface area contributed by atoms with Gasteiger partial charge in [0.2, 0.25) is 0 Å². The molecule has 5 aromatic rings. The first-order valence-electron chi connectivity index (χ1n) is 14.4. The fraction of sp³-hybridized carbons (Fsp3) is 0.343. The molecule has 0 N–H and O–H groups in total. The lowest BCUT2D eigenvalue weighted by molar-refractivity contribution is 0.335. The minimum atomic E-state index is -0.197. The Labute approximate surface area is 242 Å². The second-order valence-corrected chi connectivity index (χ2v) is 12.3. The topological polar surface area (TPSA) is 61.4 Å². The van der Waals surface area contributed by atoms with E-state index < -0.39 is 0 Å². The van der Waals surface area contributed by atoms with Gasteiger partial charge in [0.05, 0.1) is 23.7 Å². The Balaban J connectivity index is 1.76. The summed E-state index contributed by atoms with van der Waals surface area (Å²) in [6, 6.07) is 20.0. The van der Waals surface area contributed by atoms with Gasteiger partial charge < -0.3 is 9.30 Å². The van der Waals surface area contributed by atoms with Crippen LogP contribution in [0.1, 0.15) is 69.8 Å². The lowest BCUT2D eigenvalue weighted by Crippen LogP contribution is -2.21. The van der Waals surface area contributed by atoms with E-state index in [0.29, 0.717) is 23.3 Å². The molecule has 2 heterocycles. The summed E-state index contributed by atoms with van der Waals surface area (Å²) in [7, 11) is 0. The molecule has 0 saturated heterocycles. The number of rotatable bonds is 7. The third-order valence-corrected chi connectivity index (χ3v) is 7.49. The second kappa shape index (κ2) is 11.0. The van der Waals surface area contributed by atoms with E-state index in [4.69, 9.17) is 14.8 Å². The number of para-hydroxylation sites is 2. The number of aryl methyl sites for hydroxylation is 1. The summed E-state index contributed by atoms with van der Waals surface area (Å²) in [5.41, 5.74) is 6.75. The number of benzene rings is 3. The van der Waals surface area contributed by atoms with Crippen LogP contribution in [0.15, 0.2) is 70.6 Å². The van der Waals surface area contributed by atoms with Crippen molar-refractivity contribution >= 4 is 28.0 Å². The Kier molecular flexibility index (Phi) is 7.60. The number of ether oxygens (including phenoxy) is 1. The highest BCUT2D eigenvalue weighted by molar-refractivity contribution is 6.01. The highest BCUT2D eigenvalue weighted by Gasteiger charge is 2.20. The monoisotopic (exact) mass is 548 g/mol. The van der Waals surface area contributed by atoms with E-state index in [1.54, 1.807) is 0 Å². The van der Waals surface area contributed by atoms with Crippen LogP contribution in [0.4, 0.5) is 0 Å². The van der Waals surface area contributed by atoms with E-state index in [1.165, 1.54) is 4.68 Å². The molecule has 0 aliphatic rings. The zero-order valence-electron chi connectivity index (χ0n) is 25.4. The second-order valence-electron chi connectivity index (χ2n) is 12.3. The molecule has 0 aliphatic heterocycles. The van der Waals surface area contributed by atoms with Gasteiger partial charge in [-0.1, -0.05) is 65.0 Å². The van der Waals surface area contributed by atoms with Gasteiger partial charge in [-0.15, -0.1) is 0 Å². The van der Waals surface area contributed by atoms with E-state index in [-0.39, 0.29) is 16.9 Å². The summed E-state index contributed by atoms with van der Waals surface area (Å²) in [6.45, 7) is 18.6. The smallest absolute Gasteiger partial charge is 0.282 e. The number of hydrogen-bond acceptors (Lipinski definition) is 4. The Morgan fingerprint density at radius 1 is 1.00 bits per heavy atom. The lowest BCUT2D eigenvalue weighted by Gasteiger charge is -2.21. The first-order chi connectivity index (χ1) is 19.5. The number of hydrogen-bond donors (Lipinski definition) is 0. The van der Waals surface area contributed by atoms with Crippen molar-refractivity contribution in [3.8, 4) is 17.1 Å². The minimum Gasteiger partial charge on any atom is -0.494 e. The Bertz CT molecular complexity index is 1830. The largest absolute Gasteiger partial charge is 0.494 e. The van der Waals surface area contributed by atoms with Gasteiger partial charge in [-0.2, -0.15) is 9.78 Å². The summed E-state index contributed by atoms with van der Waals surface area (Å²) in [4.78, 5) is 19.0. The predicted octanol–water partition coefficient (Wildman–Crippen LogP) is 8.09. The summed E-state index contributed by atoms with van der Waals surface area (Å²) in [5, 5.41) is 6.52. The molecule has 0 fully saturated rings. The predicted molar refractivity (Wildman–Crippen MR) is 171 cm³/mol. The number of fused-ring (bicyclic) bond motifs is 2. The third kappa shape index (κ3) is 5.43. The van der Waals surface area contributed by atoms with Crippen LogP contribution in [0.3, 0.4) is 0 Å². The van der Waals surface area contributed by atoms with E-state index >= 15 is 0 Å². The summed E-state index contributed by atoms with van der Waals surface area (Å²) in [5.74, 6) is 1.62. The van der Waals surface area contributed by atoms with Gasteiger partial charge in [0.25, 0.3) is 5.56 Å². The molecule has 0 spiro atoms. The average molecular weight is 549 g/mol. The molecule has 0 atom stereocenters. The van der Waals surface area contributed by atoms with Crippen molar-refractivity contribution < 1.29 is 4.74 Å². The fourth-order valence-corrected chi connectivity index (χ4v) is 5.49. The molecule has 0 bridgehead atoms. The maximum absolute atomic E-state index is 14.0. The summed E-state index contributed by atoms with van der Waals surface area (Å²) in [6.07, 6.45) is 1.82. The molecule has 212 valence electrons. The molecule has 0 aliphatic carbocycles. The molecule has 6 nitrogen and oxygen atoms in total. The maximum atomic E-state index is 14.0. The molecular formula is C35H40N4O2. The minimum absolute atomic E-state index is 0.104. The van der Waals surface area contributed by atoms with Crippen LogP contribution in [0, 0.1) is 19.3 Å². The molecule has 3 aromatic carbocycles. The Morgan fingerprint density at radius 3 is 2.37 bits per heavy atom. The molecule has 0 radical (unpaired) electrons. The van der Waals surface area contributed by atoms with Crippen molar-refractivity contribution in [2.45, 2.75) is 67.9 Å². The number of nitrogens with zero attached hydrogens (tertiary/aromatic N) is 4. The Hall–Kier alpha value is -4.19. The van der Waals surface area contributed by atoms with Crippen LogP contribution >= 0.6 is 0 Å². The van der Waals surface area contributed by atoms with Gasteiger partial charge >= 0.3 is 0 Å². The molecule has 0 saturated carbocycles. The van der Waals surface area contributed by atoms with E-state index in [2.05, 4.69) is 70.4 Å². The van der Waals surface area contributed by atoms with Gasteiger partial charge in [0.1, 0.15) is 5.75 Å². The molecule has 6 heteroatoms. The molecular weight excluding hydrogens is 508 g/mol. The van der Waals surface area contributed by atoms with E-state index in [9.17, 15) is 4.79 Å². The zero-order valence-corrected chi connectivity index (χ0v) is 25.4. The highest BCUT2D eigenvalue weighted by Crippen LogP contribution is 2.34. The molecule has 2 aromatic heterocycles. The van der Waals surface area contributed by atoms with Crippen LogP contribution in [0.25, 0.3) is 33.2 Å². The average Bonchev–Trinajstić information content (AvgIpc) is 3.17. The van der Waals surface area contributed by atoms with Crippen molar-refractivity contribution in [2.75, 3.05) is 6.61 Å². The third-order valence-electron chi connectivity index (χ3n) is 7.49. The van der Waals surface area contributed by atoms with Crippen LogP contribution in [-0.4, -0.2) is 27.0 Å². The normalized spacial score (nSPS) is 12.3. The lowest BCUT2D eigenvalue weighted by atomic mass is 9.96. The fourth-order valence-electron chi connectivity index (χ4n) is 5.49. The maximum Gasteiger partial charge on any atom is 0.282 e. The van der Waals surface area contributed by atoms with Crippen LogP contribution in [0.2, 0.25) is 0 Å². The van der Waals surface area contributed by atoms with Crippen molar-refractivity contribution in [1.82, 2.24) is 14.2 Å². The van der Waals surface area contributed by atoms with Gasteiger partial charge in [-0.3, -0.25) is 4.79 Å².